The molecule has 0 saturated heterocycles. The van der Waals surface area contributed by atoms with E-state index < -0.39 is 0 Å². The van der Waals surface area contributed by atoms with Crippen molar-refractivity contribution in [3.05, 3.63) is 70.0 Å². The van der Waals surface area contributed by atoms with Gasteiger partial charge in [-0.2, -0.15) is 0 Å². The number of carbonyl (C=O) groups excluding carboxylic acids is 1. The Hall–Kier alpha value is -2.51. The van der Waals surface area contributed by atoms with E-state index in [1.54, 1.807) is 12.1 Å². The van der Waals surface area contributed by atoms with E-state index in [0.29, 0.717) is 28.6 Å². The van der Waals surface area contributed by atoms with Crippen molar-refractivity contribution in [2.24, 2.45) is 11.8 Å². The van der Waals surface area contributed by atoms with Crippen molar-refractivity contribution < 1.29 is 9.53 Å². The summed E-state index contributed by atoms with van der Waals surface area (Å²) in [5.74, 6) is 2.17. The molecule has 0 radical (unpaired) electrons. The molecule has 28 heavy (non-hydrogen) atoms. The first kappa shape index (κ1) is 17.6. The van der Waals surface area contributed by atoms with Crippen LogP contribution in [0, 0.1) is 18.4 Å². The predicted octanol–water partition coefficient (Wildman–Crippen LogP) is 5.48. The Morgan fingerprint density at radius 3 is 2.50 bits per heavy atom. The van der Waals surface area contributed by atoms with Crippen LogP contribution < -0.4 is 4.74 Å². The molecule has 0 bridgehead atoms. The summed E-state index contributed by atoms with van der Waals surface area (Å²) in [6.07, 6.45) is 4.39. The van der Waals surface area contributed by atoms with Gasteiger partial charge in [0.05, 0.1) is 17.7 Å². The highest BCUT2D eigenvalue weighted by Crippen LogP contribution is 2.48. The molecule has 2 atom stereocenters. The van der Waals surface area contributed by atoms with Crippen molar-refractivity contribution >= 4 is 23.2 Å². The summed E-state index contributed by atoms with van der Waals surface area (Å²) < 4.78 is 6.16. The third-order valence-electron chi connectivity index (χ3n) is 6.58. The van der Waals surface area contributed by atoms with Crippen LogP contribution in [0.5, 0.6) is 5.75 Å². The summed E-state index contributed by atoms with van der Waals surface area (Å²) in [6, 6.07) is 13.6. The maximum atomic E-state index is 12.8. The largest absolute Gasteiger partial charge is 0.490 e. The molecule has 3 aliphatic rings. The van der Waals surface area contributed by atoms with Gasteiger partial charge in [-0.05, 0) is 61.3 Å². The molecular formula is C23H21ClN2O2. The van der Waals surface area contributed by atoms with E-state index in [-0.39, 0.29) is 12.0 Å². The predicted molar refractivity (Wildman–Crippen MR) is 108 cm³/mol. The molecule has 2 unspecified atom stereocenters. The third kappa shape index (κ3) is 2.95. The summed E-state index contributed by atoms with van der Waals surface area (Å²) >= 11 is 6.12. The molecule has 2 aliphatic carbocycles. The molecule has 2 saturated carbocycles. The lowest BCUT2D eigenvalue weighted by molar-refractivity contribution is 0.0693. The molecule has 0 N–H and O–H groups in total. The van der Waals surface area contributed by atoms with Gasteiger partial charge in [0.25, 0.3) is 5.91 Å². The van der Waals surface area contributed by atoms with E-state index in [2.05, 4.69) is 15.8 Å². The molecule has 1 heterocycles. The monoisotopic (exact) mass is 392 g/mol. The average molecular weight is 393 g/mol. The highest BCUT2D eigenvalue weighted by atomic mass is 35.5. The van der Waals surface area contributed by atoms with Crippen molar-refractivity contribution in [3.8, 4) is 5.75 Å². The second kappa shape index (κ2) is 6.83. The summed E-state index contributed by atoms with van der Waals surface area (Å²) in [7, 11) is 0. The van der Waals surface area contributed by atoms with Crippen LogP contribution in [-0.4, -0.2) is 23.0 Å². The summed E-state index contributed by atoms with van der Waals surface area (Å²) in [6.45, 7) is 7.84. The molecule has 5 rings (SSSR count). The SMILES string of the molecule is [C-]#[N+]c1ccc(OC2CC3CC(N4Cc5ccccc5C4=O)CC3C2)cc1Cl. The maximum Gasteiger partial charge on any atom is 0.254 e. The fraction of sp³-hybridized carbons (Fsp3) is 0.391. The number of ether oxygens (including phenoxy) is 1. The third-order valence-corrected chi connectivity index (χ3v) is 6.88. The Labute approximate surface area is 169 Å². The zero-order chi connectivity index (χ0) is 19.3. The van der Waals surface area contributed by atoms with E-state index in [1.807, 2.05) is 24.3 Å². The van der Waals surface area contributed by atoms with Gasteiger partial charge >= 0.3 is 0 Å². The molecule has 2 aromatic carbocycles. The van der Waals surface area contributed by atoms with Gasteiger partial charge in [-0.1, -0.05) is 35.9 Å². The first-order chi connectivity index (χ1) is 13.6. The van der Waals surface area contributed by atoms with Gasteiger partial charge in [0, 0.05) is 18.2 Å². The normalized spacial score (nSPS) is 28.1. The Morgan fingerprint density at radius 1 is 1.07 bits per heavy atom. The average Bonchev–Trinajstić information content (AvgIpc) is 3.34. The van der Waals surface area contributed by atoms with Gasteiger partial charge in [-0.15, -0.1) is 0 Å². The van der Waals surface area contributed by atoms with Crippen molar-refractivity contribution in [2.75, 3.05) is 0 Å². The number of halogens is 1. The zero-order valence-electron chi connectivity index (χ0n) is 15.5. The number of rotatable bonds is 3. The Kier molecular flexibility index (Phi) is 4.29. The Morgan fingerprint density at radius 2 is 1.82 bits per heavy atom. The van der Waals surface area contributed by atoms with Crippen molar-refractivity contribution in [3.63, 3.8) is 0 Å². The van der Waals surface area contributed by atoms with Gasteiger partial charge < -0.3 is 9.64 Å². The summed E-state index contributed by atoms with van der Waals surface area (Å²) in [4.78, 5) is 18.2. The van der Waals surface area contributed by atoms with Crippen LogP contribution in [0.25, 0.3) is 4.85 Å². The minimum atomic E-state index is 0.192. The van der Waals surface area contributed by atoms with E-state index in [1.165, 1.54) is 0 Å². The fourth-order valence-corrected chi connectivity index (χ4v) is 5.51. The highest BCUT2D eigenvalue weighted by molar-refractivity contribution is 6.33. The first-order valence-electron chi connectivity index (χ1n) is 9.85. The number of nitrogens with zero attached hydrogens (tertiary/aromatic N) is 2. The van der Waals surface area contributed by atoms with Crippen molar-refractivity contribution in [1.29, 1.82) is 0 Å². The molecule has 2 aromatic rings. The highest BCUT2D eigenvalue weighted by Gasteiger charge is 2.46. The van der Waals surface area contributed by atoms with E-state index in [4.69, 9.17) is 22.9 Å². The van der Waals surface area contributed by atoms with Gasteiger partial charge in [-0.25, -0.2) is 4.85 Å². The molecule has 5 heteroatoms. The van der Waals surface area contributed by atoms with Gasteiger partial charge in [-0.3, -0.25) is 4.79 Å². The Bertz CT molecular complexity index is 969. The van der Waals surface area contributed by atoms with E-state index in [0.717, 1.165) is 49.1 Å². The zero-order valence-corrected chi connectivity index (χ0v) is 16.2. The quantitative estimate of drug-likeness (QED) is 0.648. The van der Waals surface area contributed by atoms with Crippen LogP contribution in [0.4, 0.5) is 5.69 Å². The maximum absolute atomic E-state index is 12.8. The van der Waals surface area contributed by atoms with Crippen LogP contribution in [0.3, 0.4) is 0 Å². The minimum Gasteiger partial charge on any atom is -0.490 e. The van der Waals surface area contributed by atoms with Crippen LogP contribution in [0.15, 0.2) is 42.5 Å². The van der Waals surface area contributed by atoms with Crippen LogP contribution in [-0.2, 0) is 6.54 Å². The number of fused-ring (bicyclic) bond motifs is 2. The lowest BCUT2D eigenvalue weighted by atomic mass is 10.0. The second-order valence-corrected chi connectivity index (χ2v) is 8.58. The number of carbonyl (C=O) groups is 1. The lowest BCUT2D eigenvalue weighted by Gasteiger charge is -2.25. The smallest absolute Gasteiger partial charge is 0.254 e. The molecule has 1 amide bonds. The first-order valence-corrected chi connectivity index (χ1v) is 10.2. The molecule has 1 aliphatic heterocycles. The van der Waals surface area contributed by atoms with Gasteiger partial charge in [0.1, 0.15) is 5.75 Å². The summed E-state index contributed by atoms with van der Waals surface area (Å²) in [5, 5.41) is 0.442. The van der Waals surface area contributed by atoms with Gasteiger partial charge in [0.2, 0.25) is 5.69 Å². The lowest BCUT2D eigenvalue weighted by Crippen LogP contribution is -2.34. The van der Waals surface area contributed by atoms with E-state index >= 15 is 0 Å². The molecule has 0 spiro atoms. The Balaban J connectivity index is 1.21. The number of amides is 1. The standard InChI is InChI=1S/C23H21ClN2O2/c1-25-22-7-6-18(12-21(22)24)28-19-10-15-8-17(9-16(15)11-19)26-13-14-4-2-3-5-20(14)23(26)27/h2-7,12,15-17,19H,8-11,13H2. The topological polar surface area (TPSA) is 33.9 Å². The molecular weight excluding hydrogens is 372 g/mol. The summed E-state index contributed by atoms with van der Waals surface area (Å²) in [5.41, 5.74) is 2.49. The van der Waals surface area contributed by atoms with E-state index in [9.17, 15) is 4.79 Å². The van der Waals surface area contributed by atoms with Crippen LogP contribution in [0.2, 0.25) is 5.02 Å². The van der Waals surface area contributed by atoms with Gasteiger partial charge in [0.15, 0.2) is 0 Å². The molecule has 2 fully saturated rings. The fourth-order valence-electron chi connectivity index (χ4n) is 5.30. The number of hydrogen-bond donors (Lipinski definition) is 0. The van der Waals surface area contributed by atoms with Crippen LogP contribution >= 0.6 is 11.6 Å². The second-order valence-electron chi connectivity index (χ2n) is 8.17. The molecule has 4 nitrogen and oxygen atoms in total. The number of hydrogen-bond acceptors (Lipinski definition) is 2. The number of benzene rings is 2. The van der Waals surface area contributed by atoms with Crippen LogP contribution in [0.1, 0.15) is 41.6 Å². The minimum absolute atomic E-state index is 0.192. The molecule has 142 valence electrons. The molecule has 0 aromatic heterocycles. The van der Waals surface area contributed by atoms with Crippen molar-refractivity contribution in [2.45, 2.75) is 44.4 Å². The van der Waals surface area contributed by atoms with Crippen molar-refractivity contribution in [1.82, 2.24) is 4.90 Å².